The Bertz CT molecular complexity index is 1110. The Hall–Kier alpha value is -2.95. The maximum absolute atomic E-state index is 13.6. The van der Waals surface area contributed by atoms with Gasteiger partial charge in [0.1, 0.15) is 5.82 Å². The summed E-state index contributed by atoms with van der Waals surface area (Å²) < 4.78 is 1.69. The molecule has 1 atom stereocenters. The van der Waals surface area contributed by atoms with Crippen LogP contribution in [0.1, 0.15) is 90.4 Å². The molecule has 1 unspecified atom stereocenters. The van der Waals surface area contributed by atoms with Crippen LogP contribution in [0.5, 0.6) is 0 Å². The van der Waals surface area contributed by atoms with E-state index in [1.54, 1.807) is 4.57 Å². The molecule has 1 heterocycles. The summed E-state index contributed by atoms with van der Waals surface area (Å²) in [5.41, 5.74) is 1.34. The van der Waals surface area contributed by atoms with Crippen molar-refractivity contribution in [2.45, 2.75) is 84.6 Å². The smallest absolute Gasteiger partial charge is 0.266 e. The highest BCUT2D eigenvalue weighted by molar-refractivity contribution is 5.79. The topological polar surface area (TPSA) is 55.2 Å². The third-order valence-electron chi connectivity index (χ3n) is 6.47. The first-order valence-corrected chi connectivity index (χ1v) is 12.9. The van der Waals surface area contributed by atoms with E-state index in [0.717, 1.165) is 57.1 Å². The average Bonchev–Trinajstić information content (AvgIpc) is 2.86. The molecule has 2 aromatic carbocycles. The predicted octanol–water partition coefficient (Wildman–Crippen LogP) is 6.83. The molecule has 182 valence electrons. The molecule has 0 aliphatic carbocycles. The van der Waals surface area contributed by atoms with Gasteiger partial charge in [-0.25, -0.2) is 4.98 Å². The summed E-state index contributed by atoms with van der Waals surface area (Å²) in [7, 11) is 0. The highest BCUT2D eigenvalue weighted by Crippen LogP contribution is 2.24. The van der Waals surface area contributed by atoms with Gasteiger partial charge >= 0.3 is 0 Å². The quantitative estimate of drug-likeness (QED) is 0.262. The van der Waals surface area contributed by atoms with Crippen LogP contribution in [0.2, 0.25) is 0 Å². The van der Waals surface area contributed by atoms with E-state index in [0.29, 0.717) is 29.7 Å². The number of carbonyl (C=O) groups excluding carboxylic acids is 1. The zero-order chi connectivity index (χ0) is 24.3. The number of fused-ring (bicyclic) bond motifs is 1. The van der Waals surface area contributed by atoms with Gasteiger partial charge in [-0.15, -0.1) is 0 Å². The van der Waals surface area contributed by atoms with Crippen LogP contribution in [-0.2, 0) is 4.79 Å². The minimum atomic E-state index is -0.308. The fourth-order valence-electron chi connectivity index (χ4n) is 4.49. The molecule has 1 amide bonds. The number of amides is 1. The van der Waals surface area contributed by atoms with Gasteiger partial charge in [-0.2, -0.15) is 0 Å². The molecule has 0 N–H and O–H groups in total. The van der Waals surface area contributed by atoms with Crippen molar-refractivity contribution in [3.63, 3.8) is 0 Å². The Morgan fingerprint density at radius 1 is 0.882 bits per heavy atom. The third kappa shape index (κ3) is 6.34. The number of rotatable bonds is 13. The summed E-state index contributed by atoms with van der Waals surface area (Å²) in [6, 6.07) is 16.8. The van der Waals surface area contributed by atoms with Crippen LogP contribution in [0.25, 0.3) is 16.6 Å². The number of unbranched alkanes of at least 4 members (excludes halogenated alkanes) is 6. The SMILES string of the molecule is CCCCCCC(=O)N(CCCCCC)C(C)c1nc2ccccc2c(=O)n1-c1ccccc1. The maximum Gasteiger partial charge on any atom is 0.266 e. The van der Waals surface area contributed by atoms with Crippen molar-refractivity contribution in [2.75, 3.05) is 6.54 Å². The van der Waals surface area contributed by atoms with Crippen LogP contribution >= 0.6 is 0 Å². The highest BCUT2D eigenvalue weighted by Gasteiger charge is 2.26. The van der Waals surface area contributed by atoms with Crippen LogP contribution in [0.15, 0.2) is 59.4 Å². The normalized spacial score (nSPS) is 12.1. The van der Waals surface area contributed by atoms with Gasteiger partial charge in [-0.3, -0.25) is 14.2 Å². The van der Waals surface area contributed by atoms with E-state index in [1.807, 2.05) is 66.4 Å². The molecule has 0 saturated carbocycles. The van der Waals surface area contributed by atoms with Crippen molar-refractivity contribution in [1.29, 1.82) is 0 Å². The van der Waals surface area contributed by atoms with Gasteiger partial charge in [0.2, 0.25) is 5.91 Å². The molecular formula is C29H39N3O2. The highest BCUT2D eigenvalue weighted by atomic mass is 16.2. The number of hydrogen-bond acceptors (Lipinski definition) is 3. The number of para-hydroxylation sites is 2. The fourth-order valence-corrected chi connectivity index (χ4v) is 4.49. The second kappa shape index (κ2) is 13.1. The van der Waals surface area contributed by atoms with Gasteiger partial charge in [0.15, 0.2) is 0 Å². The Balaban J connectivity index is 2.02. The summed E-state index contributed by atoms with van der Waals surface area (Å²) in [6.07, 6.45) is 9.19. The van der Waals surface area contributed by atoms with E-state index < -0.39 is 0 Å². The zero-order valence-electron chi connectivity index (χ0n) is 21.0. The molecule has 1 aromatic heterocycles. The lowest BCUT2D eigenvalue weighted by atomic mass is 10.1. The molecule has 0 aliphatic heterocycles. The van der Waals surface area contributed by atoms with Gasteiger partial charge in [0.05, 0.1) is 22.6 Å². The summed E-state index contributed by atoms with van der Waals surface area (Å²) >= 11 is 0. The van der Waals surface area contributed by atoms with Crippen molar-refractivity contribution in [2.24, 2.45) is 0 Å². The van der Waals surface area contributed by atoms with Crippen molar-refractivity contribution < 1.29 is 4.79 Å². The lowest BCUT2D eigenvalue weighted by molar-refractivity contribution is -0.133. The molecule has 0 aliphatic rings. The summed E-state index contributed by atoms with van der Waals surface area (Å²) in [6.45, 7) is 7.07. The molecule has 0 spiro atoms. The first kappa shape index (κ1) is 25.7. The Kier molecular flexibility index (Phi) is 9.87. The molecule has 5 nitrogen and oxygen atoms in total. The van der Waals surface area contributed by atoms with Crippen LogP contribution in [0, 0.1) is 0 Å². The minimum absolute atomic E-state index is 0.0972. The van der Waals surface area contributed by atoms with Crippen LogP contribution in [0.3, 0.4) is 0 Å². The molecule has 5 heteroatoms. The van der Waals surface area contributed by atoms with E-state index in [1.165, 1.54) is 0 Å². The fraction of sp³-hybridized carbons (Fsp3) is 0.483. The summed E-state index contributed by atoms with van der Waals surface area (Å²) in [4.78, 5) is 33.9. The number of carbonyl (C=O) groups is 1. The Morgan fingerprint density at radius 2 is 1.53 bits per heavy atom. The van der Waals surface area contributed by atoms with Gasteiger partial charge < -0.3 is 4.90 Å². The maximum atomic E-state index is 13.6. The largest absolute Gasteiger partial charge is 0.333 e. The minimum Gasteiger partial charge on any atom is -0.333 e. The molecule has 0 fully saturated rings. The van der Waals surface area contributed by atoms with E-state index in [2.05, 4.69) is 13.8 Å². The first-order valence-electron chi connectivity index (χ1n) is 12.9. The molecular weight excluding hydrogens is 422 g/mol. The van der Waals surface area contributed by atoms with E-state index in [-0.39, 0.29) is 17.5 Å². The van der Waals surface area contributed by atoms with Gasteiger partial charge in [-0.05, 0) is 44.0 Å². The Morgan fingerprint density at radius 3 is 2.24 bits per heavy atom. The zero-order valence-corrected chi connectivity index (χ0v) is 21.0. The first-order chi connectivity index (χ1) is 16.6. The van der Waals surface area contributed by atoms with E-state index in [4.69, 9.17) is 4.98 Å². The third-order valence-corrected chi connectivity index (χ3v) is 6.47. The van der Waals surface area contributed by atoms with Gasteiger partial charge in [0.25, 0.3) is 5.56 Å². The number of hydrogen-bond donors (Lipinski definition) is 0. The van der Waals surface area contributed by atoms with Crippen molar-refractivity contribution in [3.05, 3.63) is 70.8 Å². The van der Waals surface area contributed by atoms with Gasteiger partial charge in [-0.1, -0.05) is 82.7 Å². The summed E-state index contributed by atoms with van der Waals surface area (Å²) in [5.74, 6) is 0.773. The molecule has 0 radical (unpaired) electrons. The van der Waals surface area contributed by atoms with E-state index >= 15 is 0 Å². The second-order valence-corrected chi connectivity index (χ2v) is 9.10. The Labute approximate surface area is 203 Å². The van der Waals surface area contributed by atoms with Crippen LogP contribution in [0.4, 0.5) is 0 Å². The van der Waals surface area contributed by atoms with Crippen molar-refractivity contribution in [1.82, 2.24) is 14.5 Å². The predicted molar refractivity (Wildman–Crippen MR) is 140 cm³/mol. The molecule has 34 heavy (non-hydrogen) atoms. The van der Waals surface area contributed by atoms with Crippen molar-refractivity contribution in [3.8, 4) is 5.69 Å². The molecule has 0 saturated heterocycles. The lowest BCUT2D eigenvalue weighted by Crippen LogP contribution is -2.38. The average molecular weight is 462 g/mol. The monoisotopic (exact) mass is 461 g/mol. The van der Waals surface area contributed by atoms with Crippen LogP contribution in [-0.4, -0.2) is 26.9 Å². The standard InChI is InChI=1S/C29H39N3O2/c1-4-6-8-13-21-27(33)31(22-16-9-7-5-2)23(3)28-30-26-20-15-14-19-25(26)29(34)32(28)24-17-11-10-12-18-24/h10-12,14-15,17-20,23H,4-9,13,16,21-22H2,1-3H3. The van der Waals surface area contributed by atoms with E-state index in [9.17, 15) is 9.59 Å². The molecule has 3 aromatic rings. The number of benzene rings is 2. The van der Waals surface area contributed by atoms with Crippen LogP contribution < -0.4 is 5.56 Å². The van der Waals surface area contributed by atoms with Crippen molar-refractivity contribution >= 4 is 16.8 Å². The summed E-state index contributed by atoms with van der Waals surface area (Å²) in [5, 5.41) is 0.586. The lowest BCUT2D eigenvalue weighted by Gasteiger charge is -2.31. The number of nitrogens with zero attached hydrogens (tertiary/aromatic N) is 3. The number of aromatic nitrogens is 2. The molecule has 0 bridgehead atoms. The van der Waals surface area contributed by atoms with Gasteiger partial charge in [0, 0.05) is 13.0 Å². The molecule has 3 rings (SSSR count). The second-order valence-electron chi connectivity index (χ2n) is 9.10.